The van der Waals surface area contributed by atoms with Crippen LogP contribution in [0.4, 0.5) is 0 Å². The summed E-state index contributed by atoms with van der Waals surface area (Å²) in [5, 5.41) is 8.39. The Labute approximate surface area is 90.4 Å². The highest BCUT2D eigenvalue weighted by Crippen LogP contribution is 2.18. The van der Waals surface area contributed by atoms with E-state index in [1.54, 1.807) is 0 Å². The van der Waals surface area contributed by atoms with E-state index in [0.717, 1.165) is 29.5 Å². The number of hydrogen-bond acceptors (Lipinski definition) is 2. The van der Waals surface area contributed by atoms with Gasteiger partial charge in [-0.05, 0) is 19.4 Å². The molecule has 1 N–H and O–H groups in total. The first-order valence-corrected chi connectivity index (χ1v) is 5.28. The second kappa shape index (κ2) is 4.80. The molecule has 14 heavy (non-hydrogen) atoms. The van der Waals surface area contributed by atoms with E-state index in [9.17, 15) is 0 Å². The summed E-state index contributed by atoms with van der Waals surface area (Å²) in [5.74, 6) is 0.656. The molecule has 0 aliphatic rings. The molecule has 0 aliphatic carbocycles. The monoisotopic (exact) mass is 215 g/mol. The molecule has 0 spiro atoms. The van der Waals surface area contributed by atoms with E-state index in [1.807, 2.05) is 18.7 Å². The van der Waals surface area contributed by atoms with Crippen LogP contribution in [0, 0.1) is 12.8 Å². The van der Waals surface area contributed by atoms with Crippen molar-refractivity contribution in [2.45, 2.75) is 27.3 Å². The standard InChI is InChI=1S/C10H18ClN3/c1-7(2)5-12-6-9-10(11)8(3)13-14(9)4/h7,12H,5-6H2,1-4H3. The molecule has 4 heteroatoms. The summed E-state index contributed by atoms with van der Waals surface area (Å²) in [4.78, 5) is 0. The molecule has 0 unspecified atom stereocenters. The van der Waals surface area contributed by atoms with Gasteiger partial charge >= 0.3 is 0 Å². The lowest BCUT2D eigenvalue weighted by molar-refractivity contribution is 0.536. The summed E-state index contributed by atoms with van der Waals surface area (Å²) in [5.41, 5.74) is 1.96. The highest BCUT2D eigenvalue weighted by atomic mass is 35.5. The smallest absolute Gasteiger partial charge is 0.0860 e. The summed E-state index contributed by atoms with van der Waals surface area (Å²) in [7, 11) is 1.92. The molecule has 0 amide bonds. The summed E-state index contributed by atoms with van der Waals surface area (Å²) in [6.45, 7) is 8.08. The quantitative estimate of drug-likeness (QED) is 0.834. The molecule has 3 nitrogen and oxygen atoms in total. The van der Waals surface area contributed by atoms with Crippen LogP contribution in [-0.2, 0) is 13.6 Å². The lowest BCUT2D eigenvalue weighted by Crippen LogP contribution is -2.20. The highest BCUT2D eigenvalue weighted by molar-refractivity contribution is 6.31. The van der Waals surface area contributed by atoms with Crippen molar-refractivity contribution in [2.75, 3.05) is 6.54 Å². The van der Waals surface area contributed by atoms with E-state index in [4.69, 9.17) is 11.6 Å². The minimum atomic E-state index is 0.656. The minimum absolute atomic E-state index is 0.656. The van der Waals surface area contributed by atoms with Crippen molar-refractivity contribution in [3.8, 4) is 0 Å². The zero-order valence-electron chi connectivity index (χ0n) is 9.26. The summed E-state index contributed by atoms with van der Waals surface area (Å²) in [6.07, 6.45) is 0. The van der Waals surface area contributed by atoms with Crippen molar-refractivity contribution < 1.29 is 0 Å². The predicted octanol–water partition coefficient (Wildman–Crippen LogP) is 2.13. The van der Waals surface area contributed by atoms with E-state index in [2.05, 4.69) is 24.3 Å². The van der Waals surface area contributed by atoms with Crippen LogP contribution in [0.5, 0.6) is 0 Å². The Morgan fingerprint density at radius 2 is 2.14 bits per heavy atom. The maximum atomic E-state index is 6.11. The number of nitrogens with zero attached hydrogens (tertiary/aromatic N) is 2. The third-order valence-corrected chi connectivity index (χ3v) is 2.60. The lowest BCUT2D eigenvalue weighted by atomic mass is 10.2. The van der Waals surface area contributed by atoms with Gasteiger partial charge in [-0.1, -0.05) is 25.4 Å². The molecular weight excluding hydrogens is 198 g/mol. The fourth-order valence-corrected chi connectivity index (χ4v) is 1.58. The average Bonchev–Trinajstić information content (AvgIpc) is 2.31. The van der Waals surface area contributed by atoms with Crippen LogP contribution in [-0.4, -0.2) is 16.3 Å². The van der Waals surface area contributed by atoms with Crippen LogP contribution >= 0.6 is 11.6 Å². The number of rotatable bonds is 4. The first-order chi connectivity index (χ1) is 6.52. The van der Waals surface area contributed by atoms with Gasteiger partial charge in [0.15, 0.2) is 0 Å². The van der Waals surface area contributed by atoms with Crippen molar-refractivity contribution >= 4 is 11.6 Å². The number of aromatic nitrogens is 2. The third kappa shape index (κ3) is 2.72. The van der Waals surface area contributed by atoms with E-state index < -0.39 is 0 Å². The Balaban J connectivity index is 2.58. The van der Waals surface area contributed by atoms with Crippen LogP contribution < -0.4 is 5.32 Å². The van der Waals surface area contributed by atoms with Crippen molar-refractivity contribution in [2.24, 2.45) is 13.0 Å². The maximum absolute atomic E-state index is 6.11. The van der Waals surface area contributed by atoms with E-state index in [0.29, 0.717) is 5.92 Å². The van der Waals surface area contributed by atoms with Crippen molar-refractivity contribution in [3.63, 3.8) is 0 Å². The average molecular weight is 216 g/mol. The summed E-state index contributed by atoms with van der Waals surface area (Å²) in [6, 6.07) is 0. The van der Waals surface area contributed by atoms with Gasteiger partial charge < -0.3 is 5.32 Å². The molecule has 1 heterocycles. The van der Waals surface area contributed by atoms with Crippen molar-refractivity contribution in [3.05, 3.63) is 16.4 Å². The minimum Gasteiger partial charge on any atom is -0.311 e. The zero-order chi connectivity index (χ0) is 10.7. The molecular formula is C10H18ClN3. The molecule has 0 saturated heterocycles. The van der Waals surface area contributed by atoms with Gasteiger partial charge in [0.25, 0.3) is 0 Å². The number of halogens is 1. The van der Waals surface area contributed by atoms with Gasteiger partial charge in [0.1, 0.15) is 0 Å². The van der Waals surface area contributed by atoms with Gasteiger partial charge in [-0.3, -0.25) is 4.68 Å². The van der Waals surface area contributed by atoms with Gasteiger partial charge in [0, 0.05) is 13.6 Å². The number of hydrogen-bond donors (Lipinski definition) is 1. The molecule has 0 fully saturated rings. The molecule has 0 radical (unpaired) electrons. The fraction of sp³-hybridized carbons (Fsp3) is 0.700. The van der Waals surface area contributed by atoms with Crippen molar-refractivity contribution in [1.82, 2.24) is 15.1 Å². The summed E-state index contributed by atoms with van der Waals surface area (Å²) < 4.78 is 1.84. The first-order valence-electron chi connectivity index (χ1n) is 4.91. The van der Waals surface area contributed by atoms with Crippen LogP contribution in [0.2, 0.25) is 5.02 Å². The van der Waals surface area contributed by atoms with Crippen molar-refractivity contribution in [1.29, 1.82) is 0 Å². The van der Waals surface area contributed by atoms with Gasteiger partial charge in [-0.2, -0.15) is 5.10 Å². The van der Waals surface area contributed by atoms with Crippen LogP contribution in [0.3, 0.4) is 0 Å². The Bertz CT molecular complexity index is 305. The SMILES string of the molecule is Cc1nn(C)c(CNCC(C)C)c1Cl. The van der Waals surface area contributed by atoms with Crippen LogP contribution in [0.25, 0.3) is 0 Å². The molecule has 1 aromatic heterocycles. The summed E-state index contributed by atoms with van der Waals surface area (Å²) >= 11 is 6.11. The Morgan fingerprint density at radius 3 is 2.57 bits per heavy atom. The molecule has 0 bridgehead atoms. The fourth-order valence-electron chi connectivity index (χ4n) is 1.35. The molecule has 1 aromatic rings. The second-order valence-electron chi connectivity index (χ2n) is 3.99. The van der Waals surface area contributed by atoms with Gasteiger partial charge in [-0.25, -0.2) is 0 Å². The van der Waals surface area contributed by atoms with Gasteiger partial charge in [0.05, 0.1) is 16.4 Å². The van der Waals surface area contributed by atoms with Gasteiger partial charge in [0.2, 0.25) is 0 Å². The van der Waals surface area contributed by atoms with Crippen LogP contribution in [0.1, 0.15) is 25.2 Å². The van der Waals surface area contributed by atoms with E-state index in [-0.39, 0.29) is 0 Å². The molecule has 0 atom stereocenters. The second-order valence-corrected chi connectivity index (χ2v) is 4.37. The molecule has 1 rings (SSSR count). The third-order valence-electron chi connectivity index (χ3n) is 2.11. The molecule has 0 saturated carbocycles. The Kier molecular flexibility index (Phi) is 3.96. The van der Waals surface area contributed by atoms with E-state index in [1.165, 1.54) is 0 Å². The lowest BCUT2D eigenvalue weighted by Gasteiger charge is -2.07. The zero-order valence-corrected chi connectivity index (χ0v) is 10.0. The van der Waals surface area contributed by atoms with E-state index >= 15 is 0 Å². The molecule has 0 aromatic carbocycles. The Morgan fingerprint density at radius 1 is 1.50 bits per heavy atom. The normalized spacial score (nSPS) is 11.3. The van der Waals surface area contributed by atoms with Crippen LogP contribution in [0.15, 0.2) is 0 Å². The molecule has 0 aliphatic heterocycles. The molecule has 80 valence electrons. The predicted molar refractivity (Wildman–Crippen MR) is 59.5 cm³/mol. The largest absolute Gasteiger partial charge is 0.311 e. The Hall–Kier alpha value is -0.540. The first kappa shape index (κ1) is 11.5. The highest BCUT2D eigenvalue weighted by Gasteiger charge is 2.09. The maximum Gasteiger partial charge on any atom is 0.0860 e. The van der Waals surface area contributed by atoms with Gasteiger partial charge in [-0.15, -0.1) is 0 Å². The number of nitrogens with one attached hydrogen (secondary N) is 1. The topological polar surface area (TPSA) is 29.9 Å². The number of aryl methyl sites for hydroxylation is 2.